The molecule has 0 radical (unpaired) electrons. The molecule has 0 bridgehead atoms. The molecule has 0 aromatic heterocycles. The average molecular weight is 227 g/mol. The van der Waals surface area contributed by atoms with Crippen LogP contribution in [0.4, 0.5) is 0 Å². The second kappa shape index (κ2) is 5.03. The normalized spacial score (nSPS) is 34.7. The van der Waals surface area contributed by atoms with Crippen LogP contribution in [0.15, 0.2) is 0 Å². The van der Waals surface area contributed by atoms with Crippen LogP contribution in [-0.2, 0) is 9.47 Å². The summed E-state index contributed by atoms with van der Waals surface area (Å²) in [6.07, 6.45) is 4.42. The third-order valence-electron chi connectivity index (χ3n) is 3.78. The van der Waals surface area contributed by atoms with Crippen molar-refractivity contribution in [3.05, 3.63) is 0 Å². The molecule has 1 saturated heterocycles. The molecule has 1 heterocycles. The third kappa shape index (κ3) is 2.96. The molecule has 2 fully saturated rings. The van der Waals surface area contributed by atoms with Crippen molar-refractivity contribution in [2.45, 2.75) is 58.3 Å². The first kappa shape index (κ1) is 12.3. The van der Waals surface area contributed by atoms with E-state index in [9.17, 15) is 0 Å². The molecular formula is C13H25NO2. The van der Waals surface area contributed by atoms with Crippen molar-refractivity contribution >= 4 is 0 Å². The fraction of sp³-hybridized carbons (Fsp3) is 1.00. The summed E-state index contributed by atoms with van der Waals surface area (Å²) in [5.41, 5.74) is 0.432. The molecule has 1 N–H and O–H groups in total. The molecule has 1 aliphatic carbocycles. The highest BCUT2D eigenvalue weighted by molar-refractivity contribution is 4.90. The quantitative estimate of drug-likeness (QED) is 0.796. The van der Waals surface area contributed by atoms with E-state index in [1.165, 1.54) is 19.3 Å². The lowest BCUT2D eigenvalue weighted by Gasteiger charge is -2.43. The third-order valence-corrected chi connectivity index (χ3v) is 3.78. The Labute approximate surface area is 98.9 Å². The predicted octanol–water partition coefficient (Wildman–Crippen LogP) is 1.96. The highest BCUT2D eigenvalue weighted by Crippen LogP contribution is 2.37. The monoisotopic (exact) mass is 227 g/mol. The minimum Gasteiger partial charge on any atom is -0.376 e. The minimum absolute atomic E-state index is 0.347. The number of hydrogen-bond donors (Lipinski definition) is 1. The number of hydrogen-bond acceptors (Lipinski definition) is 3. The Kier molecular flexibility index (Phi) is 3.88. The van der Waals surface area contributed by atoms with E-state index in [1.54, 1.807) is 0 Å². The van der Waals surface area contributed by atoms with Gasteiger partial charge in [0, 0.05) is 6.04 Å². The van der Waals surface area contributed by atoms with Gasteiger partial charge < -0.3 is 14.8 Å². The van der Waals surface area contributed by atoms with Crippen LogP contribution in [0.1, 0.15) is 40.0 Å². The van der Waals surface area contributed by atoms with Crippen LogP contribution in [0.25, 0.3) is 0 Å². The van der Waals surface area contributed by atoms with Gasteiger partial charge in [0.25, 0.3) is 0 Å². The predicted molar refractivity (Wildman–Crippen MR) is 64.6 cm³/mol. The molecule has 94 valence electrons. The maximum Gasteiger partial charge on any atom is 0.105 e. The fourth-order valence-corrected chi connectivity index (χ4v) is 2.70. The molecule has 2 atom stereocenters. The van der Waals surface area contributed by atoms with E-state index in [-0.39, 0.29) is 0 Å². The van der Waals surface area contributed by atoms with Gasteiger partial charge in [0.15, 0.2) is 0 Å². The van der Waals surface area contributed by atoms with Crippen LogP contribution in [0.3, 0.4) is 0 Å². The van der Waals surface area contributed by atoms with Gasteiger partial charge in [-0.2, -0.15) is 0 Å². The smallest absolute Gasteiger partial charge is 0.105 e. The number of ether oxygens (including phenoxy) is 2. The lowest BCUT2D eigenvalue weighted by molar-refractivity contribution is -0.173. The van der Waals surface area contributed by atoms with Gasteiger partial charge in [0.1, 0.15) is 6.10 Å². The van der Waals surface area contributed by atoms with Crippen molar-refractivity contribution in [3.8, 4) is 0 Å². The molecule has 0 aromatic carbocycles. The van der Waals surface area contributed by atoms with Crippen LogP contribution in [0, 0.1) is 5.41 Å². The molecule has 0 amide bonds. The summed E-state index contributed by atoms with van der Waals surface area (Å²) in [4.78, 5) is 0. The van der Waals surface area contributed by atoms with E-state index >= 15 is 0 Å². The molecule has 1 aliphatic heterocycles. The van der Waals surface area contributed by atoms with Gasteiger partial charge in [0.2, 0.25) is 0 Å². The van der Waals surface area contributed by atoms with E-state index in [4.69, 9.17) is 9.47 Å². The van der Waals surface area contributed by atoms with Crippen molar-refractivity contribution in [1.29, 1.82) is 0 Å². The molecule has 16 heavy (non-hydrogen) atoms. The number of nitrogens with one attached hydrogen (secondary N) is 1. The second-order valence-corrected chi connectivity index (χ2v) is 5.91. The standard InChI is InChI=1S/C13H25NO2/c1-4-14-11-5-6-13(2,3)7-12(11)16-10-8-15-9-10/h10-12,14H,4-9H2,1-3H3. The first-order chi connectivity index (χ1) is 7.61. The second-order valence-electron chi connectivity index (χ2n) is 5.91. The summed E-state index contributed by atoms with van der Waals surface area (Å²) < 4.78 is 11.3. The van der Waals surface area contributed by atoms with Crippen LogP contribution in [0.2, 0.25) is 0 Å². The molecule has 1 saturated carbocycles. The average Bonchev–Trinajstić information content (AvgIpc) is 2.15. The Balaban J connectivity index is 1.90. The molecule has 3 heteroatoms. The topological polar surface area (TPSA) is 30.5 Å². The molecule has 2 aliphatic rings. The highest BCUT2D eigenvalue weighted by atomic mass is 16.6. The Hall–Kier alpha value is -0.120. The summed E-state index contributed by atoms with van der Waals surface area (Å²) in [5.74, 6) is 0. The Morgan fingerprint density at radius 3 is 2.69 bits per heavy atom. The SMILES string of the molecule is CCNC1CCC(C)(C)CC1OC1COC1. The zero-order valence-electron chi connectivity index (χ0n) is 10.8. The van der Waals surface area contributed by atoms with Crippen LogP contribution in [-0.4, -0.2) is 38.0 Å². The Morgan fingerprint density at radius 2 is 2.12 bits per heavy atom. The van der Waals surface area contributed by atoms with Crippen molar-refractivity contribution in [2.75, 3.05) is 19.8 Å². The summed E-state index contributed by atoms with van der Waals surface area (Å²) >= 11 is 0. The Morgan fingerprint density at radius 1 is 1.38 bits per heavy atom. The minimum atomic E-state index is 0.347. The van der Waals surface area contributed by atoms with Crippen molar-refractivity contribution in [1.82, 2.24) is 5.32 Å². The Bertz CT molecular complexity index is 226. The summed E-state index contributed by atoms with van der Waals surface area (Å²) in [6, 6.07) is 0.540. The van der Waals surface area contributed by atoms with Gasteiger partial charge in [-0.15, -0.1) is 0 Å². The van der Waals surface area contributed by atoms with E-state index in [0.717, 1.165) is 19.8 Å². The largest absolute Gasteiger partial charge is 0.376 e. The highest BCUT2D eigenvalue weighted by Gasteiger charge is 2.37. The van der Waals surface area contributed by atoms with Crippen molar-refractivity contribution < 1.29 is 9.47 Å². The zero-order chi connectivity index (χ0) is 11.6. The van der Waals surface area contributed by atoms with Gasteiger partial charge in [-0.05, 0) is 31.2 Å². The summed E-state index contributed by atoms with van der Waals surface area (Å²) in [6.45, 7) is 9.48. The fourth-order valence-electron chi connectivity index (χ4n) is 2.70. The maximum absolute atomic E-state index is 6.14. The number of rotatable bonds is 4. The maximum atomic E-state index is 6.14. The van der Waals surface area contributed by atoms with Crippen molar-refractivity contribution in [2.24, 2.45) is 5.41 Å². The van der Waals surface area contributed by atoms with Gasteiger partial charge in [-0.25, -0.2) is 0 Å². The molecule has 3 nitrogen and oxygen atoms in total. The van der Waals surface area contributed by atoms with Gasteiger partial charge in [0.05, 0.1) is 19.3 Å². The molecule has 2 unspecified atom stereocenters. The summed E-state index contributed by atoms with van der Waals surface area (Å²) in [5, 5.41) is 3.56. The zero-order valence-corrected chi connectivity index (χ0v) is 10.8. The number of likely N-dealkylation sites (N-methyl/N-ethyl adjacent to an activating group) is 1. The summed E-state index contributed by atoms with van der Waals surface area (Å²) in [7, 11) is 0. The van der Waals surface area contributed by atoms with Gasteiger partial charge in [-0.1, -0.05) is 20.8 Å². The lowest BCUT2D eigenvalue weighted by atomic mass is 9.74. The molecule has 0 spiro atoms. The molecular weight excluding hydrogens is 202 g/mol. The van der Waals surface area contributed by atoms with E-state index in [2.05, 4.69) is 26.1 Å². The van der Waals surface area contributed by atoms with Crippen LogP contribution in [0.5, 0.6) is 0 Å². The first-order valence-electron chi connectivity index (χ1n) is 6.57. The van der Waals surface area contributed by atoms with E-state index in [1.807, 2.05) is 0 Å². The molecule has 0 aromatic rings. The first-order valence-corrected chi connectivity index (χ1v) is 6.57. The molecule has 2 rings (SSSR count). The van der Waals surface area contributed by atoms with E-state index in [0.29, 0.717) is 23.7 Å². The van der Waals surface area contributed by atoms with Crippen molar-refractivity contribution in [3.63, 3.8) is 0 Å². The van der Waals surface area contributed by atoms with Crippen LogP contribution >= 0.6 is 0 Å². The van der Waals surface area contributed by atoms with E-state index < -0.39 is 0 Å². The lowest BCUT2D eigenvalue weighted by Crippen LogP contribution is -2.51. The van der Waals surface area contributed by atoms with Crippen LogP contribution < -0.4 is 5.32 Å². The van der Waals surface area contributed by atoms with Gasteiger partial charge >= 0.3 is 0 Å². The van der Waals surface area contributed by atoms with Gasteiger partial charge in [-0.3, -0.25) is 0 Å².